The first-order chi connectivity index (χ1) is 9.32. The summed E-state index contributed by atoms with van der Waals surface area (Å²) in [6.07, 6.45) is 1.44. The fraction of sp³-hybridized carbons (Fsp3) is 0.818. The second-order valence-electron chi connectivity index (χ2n) is 5.29. The standard InChI is InChI=1S/C11H19N3O5S/c12-10(15)8-3-5-14(6-8)20(18,19)13-4-1-2-9(7-13)11(16)17/h8-9H,1-7H2,(H2,12,15)(H,16,17). The molecule has 2 atom stereocenters. The molecule has 2 aliphatic rings. The van der Waals surface area contributed by atoms with Crippen LogP contribution in [0.5, 0.6) is 0 Å². The molecule has 0 aromatic carbocycles. The van der Waals surface area contributed by atoms with E-state index in [1.807, 2.05) is 0 Å². The topological polar surface area (TPSA) is 121 Å². The van der Waals surface area contributed by atoms with Gasteiger partial charge >= 0.3 is 5.97 Å². The Labute approximate surface area is 117 Å². The molecule has 0 radical (unpaired) electrons. The van der Waals surface area contributed by atoms with Gasteiger partial charge in [-0.05, 0) is 19.3 Å². The molecule has 0 bridgehead atoms. The van der Waals surface area contributed by atoms with E-state index < -0.39 is 33.9 Å². The molecule has 1 amide bonds. The van der Waals surface area contributed by atoms with Crippen LogP contribution in [0.3, 0.4) is 0 Å². The average molecular weight is 305 g/mol. The first-order valence-corrected chi connectivity index (χ1v) is 7.99. The van der Waals surface area contributed by atoms with Crippen molar-refractivity contribution >= 4 is 22.1 Å². The van der Waals surface area contributed by atoms with Gasteiger partial charge in [0.2, 0.25) is 5.91 Å². The zero-order valence-corrected chi connectivity index (χ0v) is 11.9. The minimum atomic E-state index is -3.70. The van der Waals surface area contributed by atoms with Crippen molar-refractivity contribution in [1.29, 1.82) is 0 Å². The van der Waals surface area contributed by atoms with Crippen molar-refractivity contribution < 1.29 is 23.1 Å². The number of rotatable bonds is 4. The van der Waals surface area contributed by atoms with Crippen molar-refractivity contribution in [2.75, 3.05) is 26.2 Å². The summed E-state index contributed by atoms with van der Waals surface area (Å²) in [7, 11) is -3.70. The first-order valence-electron chi connectivity index (χ1n) is 6.59. The van der Waals surface area contributed by atoms with Crippen LogP contribution in [-0.4, -0.2) is 60.2 Å². The molecule has 0 aromatic rings. The number of carboxylic acids is 1. The third-order valence-corrected chi connectivity index (χ3v) is 5.91. The van der Waals surface area contributed by atoms with Gasteiger partial charge in [0.05, 0.1) is 11.8 Å². The Morgan fingerprint density at radius 1 is 1.05 bits per heavy atom. The van der Waals surface area contributed by atoms with Crippen LogP contribution in [0.15, 0.2) is 0 Å². The Kier molecular flexibility index (Phi) is 4.31. The van der Waals surface area contributed by atoms with Crippen molar-refractivity contribution in [1.82, 2.24) is 8.61 Å². The summed E-state index contributed by atoms with van der Waals surface area (Å²) in [5, 5.41) is 9.01. The Morgan fingerprint density at radius 3 is 2.20 bits per heavy atom. The highest BCUT2D eigenvalue weighted by molar-refractivity contribution is 7.86. The normalized spacial score (nSPS) is 29.4. The predicted molar refractivity (Wildman–Crippen MR) is 69.7 cm³/mol. The van der Waals surface area contributed by atoms with Gasteiger partial charge in [0, 0.05) is 26.2 Å². The van der Waals surface area contributed by atoms with E-state index in [0.717, 1.165) is 0 Å². The summed E-state index contributed by atoms with van der Waals surface area (Å²) in [6.45, 7) is 0.662. The average Bonchev–Trinajstić information content (AvgIpc) is 2.89. The maximum absolute atomic E-state index is 12.4. The molecule has 0 spiro atoms. The second-order valence-corrected chi connectivity index (χ2v) is 7.22. The highest BCUT2D eigenvalue weighted by atomic mass is 32.2. The molecule has 0 saturated carbocycles. The van der Waals surface area contributed by atoms with Crippen molar-refractivity contribution in [2.45, 2.75) is 19.3 Å². The number of carbonyl (C=O) groups is 2. The fourth-order valence-corrected chi connectivity index (χ4v) is 4.45. The lowest BCUT2D eigenvalue weighted by atomic mass is 10.0. The van der Waals surface area contributed by atoms with E-state index in [1.54, 1.807) is 0 Å². The largest absolute Gasteiger partial charge is 0.481 e. The number of amides is 1. The minimum absolute atomic E-state index is 0.00456. The van der Waals surface area contributed by atoms with Crippen LogP contribution in [-0.2, 0) is 19.8 Å². The number of hydrogen-bond donors (Lipinski definition) is 2. The molecule has 0 aromatic heterocycles. The lowest BCUT2D eigenvalue weighted by Crippen LogP contribution is -2.48. The third-order valence-electron chi connectivity index (χ3n) is 3.94. The number of nitrogens with two attached hydrogens (primary N) is 1. The highest BCUT2D eigenvalue weighted by Gasteiger charge is 2.40. The number of primary amides is 1. The summed E-state index contributed by atoms with van der Waals surface area (Å²) < 4.78 is 27.3. The van der Waals surface area contributed by atoms with Gasteiger partial charge in [-0.1, -0.05) is 0 Å². The zero-order valence-electron chi connectivity index (χ0n) is 11.1. The molecule has 2 unspecified atom stereocenters. The van der Waals surface area contributed by atoms with Crippen LogP contribution in [0.2, 0.25) is 0 Å². The molecule has 9 heteroatoms. The second kappa shape index (κ2) is 5.66. The van der Waals surface area contributed by atoms with Crippen LogP contribution in [0.4, 0.5) is 0 Å². The van der Waals surface area contributed by atoms with Crippen molar-refractivity contribution in [2.24, 2.45) is 17.6 Å². The first kappa shape index (κ1) is 15.2. The van der Waals surface area contributed by atoms with Gasteiger partial charge in [-0.15, -0.1) is 0 Å². The quantitative estimate of drug-likeness (QED) is 0.678. The third kappa shape index (κ3) is 2.94. The van der Waals surface area contributed by atoms with Crippen molar-refractivity contribution in [3.63, 3.8) is 0 Å². The van der Waals surface area contributed by atoms with Gasteiger partial charge in [0.1, 0.15) is 0 Å². The minimum Gasteiger partial charge on any atom is -0.481 e. The molecule has 3 N–H and O–H groups in total. The van der Waals surface area contributed by atoms with E-state index in [2.05, 4.69) is 0 Å². The molecule has 2 fully saturated rings. The maximum atomic E-state index is 12.4. The van der Waals surface area contributed by atoms with Gasteiger partial charge in [0.25, 0.3) is 10.2 Å². The lowest BCUT2D eigenvalue weighted by Gasteiger charge is -2.32. The van der Waals surface area contributed by atoms with Gasteiger partial charge in [-0.25, -0.2) is 0 Å². The molecule has 8 nitrogen and oxygen atoms in total. The van der Waals surface area contributed by atoms with Crippen LogP contribution in [0.25, 0.3) is 0 Å². The van der Waals surface area contributed by atoms with Gasteiger partial charge < -0.3 is 10.8 Å². The molecule has 20 heavy (non-hydrogen) atoms. The van der Waals surface area contributed by atoms with Gasteiger partial charge in [0.15, 0.2) is 0 Å². The Balaban J connectivity index is 2.07. The number of hydrogen-bond acceptors (Lipinski definition) is 4. The van der Waals surface area contributed by atoms with E-state index in [9.17, 15) is 18.0 Å². The lowest BCUT2D eigenvalue weighted by molar-refractivity contribution is -0.142. The molecule has 2 saturated heterocycles. The zero-order chi connectivity index (χ0) is 14.9. The number of piperidine rings is 1. The molecule has 0 aliphatic carbocycles. The summed E-state index contributed by atoms with van der Waals surface area (Å²) in [5.74, 6) is -2.58. The van der Waals surface area contributed by atoms with Crippen LogP contribution in [0.1, 0.15) is 19.3 Å². The number of carboxylic acid groups (broad SMARTS) is 1. The van der Waals surface area contributed by atoms with E-state index in [0.29, 0.717) is 25.8 Å². The van der Waals surface area contributed by atoms with E-state index in [-0.39, 0.29) is 19.6 Å². The molecule has 2 aliphatic heterocycles. The Morgan fingerprint density at radius 2 is 1.65 bits per heavy atom. The monoisotopic (exact) mass is 305 g/mol. The van der Waals surface area contributed by atoms with Crippen LogP contribution in [0, 0.1) is 11.8 Å². The summed E-state index contributed by atoms with van der Waals surface area (Å²) in [6, 6.07) is 0. The van der Waals surface area contributed by atoms with Crippen molar-refractivity contribution in [3.05, 3.63) is 0 Å². The predicted octanol–water partition coefficient (Wildman–Crippen LogP) is -1.16. The summed E-state index contributed by atoms with van der Waals surface area (Å²) in [4.78, 5) is 22.1. The Hall–Kier alpha value is -1.19. The summed E-state index contributed by atoms with van der Waals surface area (Å²) in [5.41, 5.74) is 5.19. The van der Waals surface area contributed by atoms with Gasteiger partial charge in [-0.2, -0.15) is 17.0 Å². The highest BCUT2D eigenvalue weighted by Crippen LogP contribution is 2.25. The van der Waals surface area contributed by atoms with Crippen LogP contribution >= 0.6 is 0 Å². The number of nitrogens with zero attached hydrogens (tertiary/aromatic N) is 2. The van der Waals surface area contributed by atoms with Crippen LogP contribution < -0.4 is 5.73 Å². The van der Waals surface area contributed by atoms with Crippen molar-refractivity contribution in [3.8, 4) is 0 Å². The molecule has 2 rings (SSSR count). The van der Waals surface area contributed by atoms with E-state index >= 15 is 0 Å². The molecule has 114 valence electrons. The van der Waals surface area contributed by atoms with E-state index in [4.69, 9.17) is 10.8 Å². The number of carbonyl (C=O) groups excluding carboxylic acids is 1. The fourth-order valence-electron chi connectivity index (χ4n) is 2.69. The Bertz CT molecular complexity index is 506. The maximum Gasteiger partial charge on any atom is 0.307 e. The SMILES string of the molecule is NC(=O)C1CCN(S(=O)(=O)N2CCCC(C(=O)O)C2)C1. The van der Waals surface area contributed by atoms with Gasteiger partial charge in [-0.3, -0.25) is 9.59 Å². The molecule has 2 heterocycles. The molecular formula is C11H19N3O5S. The summed E-state index contributed by atoms with van der Waals surface area (Å²) >= 11 is 0. The number of aliphatic carboxylic acids is 1. The smallest absolute Gasteiger partial charge is 0.307 e. The molecular weight excluding hydrogens is 286 g/mol. The van der Waals surface area contributed by atoms with E-state index in [1.165, 1.54) is 8.61 Å².